The van der Waals surface area contributed by atoms with Gasteiger partial charge in [0.25, 0.3) is 5.91 Å². The summed E-state index contributed by atoms with van der Waals surface area (Å²) in [5, 5.41) is 25.3. The minimum Gasteiger partial charge on any atom is -0.502 e. The summed E-state index contributed by atoms with van der Waals surface area (Å²) in [6, 6.07) is 9.37. The highest BCUT2D eigenvalue weighted by Crippen LogP contribution is 2.29. The normalized spacial score (nSPS) is 13.6. The zero-order chi connectivity index (χ0) is 19.7. The molecular formula is C20H18N4O4. The molecule has 1 aromatic heterocycles. The molecule has 0 saturated carbocycles. The fraction of sp³-hybridized carbons (Fsp3) is 0.200. The van der Waals surface area contributed by atoms with Crippen LogP contribution in [0.3, 0.4) is 0 Å². The van der Waals surface area contributed by atoms with Gasteiger partial charge in [0.1, 0.15) is 0 Å². The first kappa shape index (κ1) is 17.7. The number of rotatable bonds is 4. The molecule has 1 aliphatic carbocycles. The molecule has 0 fully saturated rings. The molecule has 1 amide bonds. The molecule has 3 N–H and O–H groups in total. The fourth-order valence-corrected chi connectivity index (χ4v) is 3.54. The summed E-state index contributed by atoms with van der Waals surface area (Å²) in [7, 11) is 0. The lowest BCUT2D eigenvalue weighted by Gasteiger charge is -2.10. The van der Waals surface area contributed by atoms with Crippen molar-refractivity contribution in [1.82, 2.24) is 10.4 Å². The van der Waals surface area contributed by atoms with Crippen molar-refractivity contribution < 1.29 is 14.8 Å². The standard InChI is InChI=1S/C20H18N4O4/c25-19-8-5-12(9-18(19)24(27)28)11-21-23-20(26)13-6-7-17-15(10-13)14-3-1-2-4-16(14)22-17/h5-11,22,25H,1-4H2,(H,23,26)/b21-11-. The largest absolute Gasteiger partial charge is 0.502 e. The molecule has 142 valence electrons. The Bertz CT molecular complexity index is 1120. The Morgan fingerprint density at radius 3 is 2.86 bits per heavy atom. The van der Waals surface area contributed by atoms with Crippen LogP contribution in [0.1, 0.15) is 40.0 Å². The molecule has 0 bridgehead atoms. The van der Waals surface area contributed by atoms with Crippen LogP contribution in [0.5, 0.6) is 5.75 Å². The number of hydrazone groups is 1. The average Bonchev–Trinajstić information content (AvgIpc) is 3.06. The van der Waals surface area contributed by atoms with Crippen molar-refractivity contribution in [1.29, 1.82) is 0 Å². The van der Waals surface area contributed by atoms with Crippen molar-refractivity contribution in [3.8, 4) is 5.75 Å². The van der Waals surface area contributed by atoms with Gasteiger partial charge in [0.15, 0.2) is 5.75 Å². The van der Waals surface area contributed by atoms with Crippen molar-refractivity contribution in [3.05, 3.63) is 68.9 Å². The number of hydrogen-bond donors (Lipinski definition) is 3. The number of nitrogens with zero attached hydrogens (tertiary/aromatic N) is 2. The molecule has 1 heterocycles. The van der Waals surface area contributed by atoms with Gasteiger partial charge < -0.3 is 10.1 Å². The Labute approximate surface area is 160 Å². The third-order valence-corrected chi connectivity index (χ3v) is 4.94. The number of carbonyl (C=O) groups is 1. The summed E-state index contributed by atoms with van der Waals surface area (Å²) in [6.45, 7) is 0. The highest BCUT2D eigenvalue weighted by atomic mass is 16.6. The summed E-state index contributed by atoms with van der Waals surface area (Å²) < 4.78 is 0. The van der Waals surface area contributed by atoms with E-state index >= 15 is 0 Å². The van der Waals surface area contributed by atoms with Crippen molar-refractivity contribution in [3.63, 3.8) is 0 Å². The summed E-state index contributed by atoms with van der Waals surface area (Å²) in [5.41, 5.74) is 6.47. The second kappa shape index (κ2) is 7.15. The maximum absolute atomic E-state index is 12.4. The smallest absolute Gasteiger partial charge is 0.311 e. The second-order valence-corrected chi connectivity index (χ2v) is 6.75. The number of nitro groups is 1. The van der Waals surface area contributed by atoms with E-state index in [9.17, 15) is 20.0 Å². The topological polar surface area (TPSA) is 121 Å². The number of phenols is 1. The third-order valence-electron chi connectivity index (χ3n) is 4.94. The van der Waals surface area contributed by atoms with Gasteiger partial charge in [-0.15, -0.1) is 0 Å². The van der Waals surface area contributed by atoms with E-state index in [2.05, 4.69) is 15.5 Å². The number of aryl methyl sites for hydroxylation is 2. The summed E-state index contributed by atoms with van der Waals surface area (Å²) in [5.74, 6) is -0.786. The predicted molar refractivity (Wildman–Crippen MR) is 105 cm³/mol. The molecule has 1 aliphatic rings. The van der Waals surface area contributed by atoms with Crippen molar-refractivity contribution in [2.45, 2.75) is 25.7 Å². The number of aromatic nitrogens is 1. The molecule has 2 aromatic carbocycles. The number of aromatic amines is 1. The fourth-order valence-electron chi connectivity index (χ4n) is 3.54. The van der Waals surface area contributed by atoms with Gasteiger partial charge in [0.2, 0.25) is 0 Å². The number of nitrogens with one attached hydrogen (secondary N) is 2. The monoisotopic (exact) mass is 378 g/mol. The van der Waals surface area contributed by atoms with Crippen molar-refractivity contribution >= 4 is 28.7 Å². The zero-order valence-corrected chi connectivity index (χ0v) is 14.9. The van der Waals surface area contributed by atoms with Crippen LogP contribution >= 0.6 is 0 Å². The number of nitro benzene ring substituents is 1. The minimum absolute atomic E-state index is 0.364. The zero-order valence-electron chi connectivity index (χ0n) is 14.9. The van der Waals surface area contributed by atoms with Crippen LogP contribution in [-0.4, -0.2) is 27.1 Å². The van der Waals surface area contributed by atoms with E-state index in [4.69, 9.17) is 0 Å². The molecule has 0 aliphatic heterocycles. The van der Waals surface area contributed by atoms with E-state index in [1.807, 2.05) is 12.1 Å². The van der Waals surface area contributed by atoms with Gasteiger partial charge in [-0.1, -0.05) is 0 Å². The van der Waals surface area contributed by atoms with Crippen LogP contribution in [-0.2, 0) is 12.8 Å². The first-order chi connectivity index (χ1) is 13.5. The summed E-state index contributed by atoms with van der Waals surface area (Å²) in [6.07, 6.45) is 5.67. The van der Waals surface area contributed by atoms with Crippen molar-refractivity contribution in [2.75, 3.05) is 0 Å². The van der Waals surface area contributed by atoms with E-state index in [0.29, 0.717) is 11.1 Å². The van der Waals surface area contributed by atoms with E-state index in [0.717, 1.165) is 30.2 Å². The molecule has 3 aromatic rings. The third kappa shape index (κ3) is 3.32. The maximum Gasteiger partial charge on any atom is 0.311 e. The quantitative estimate of drug-likeness (QED) is 0.366. The molecule has 4 rings (SSSR count). The van der Waals surface area contributed by atoms with E-state index in [-0.39, 0.29) is 5.91 Å². The molecule has 28 heavy (non-hydrogen) atoms. The molecule has 0 spiro atoms. The molecule has 0 radical (unpaired) electrons. The van der Waals surface area contributed by atoms with Gasteiger partial charge >= 0.3 is 5.69 Å². The Morgan fingerprint density at radius 2 is 2.04 bits per heavy atom. The van der Waals surface area contributed by atoms with Gasteiger partial charge in [-0.25, -0.2) is 5.43 Å². The first-order valence-electron chi connectivity index (χ1n) is 8.97. The number of amides is 1. The molecule has 0 saturated heterocycles. The van der Waals surface area contributed by atoms with Crippen LogP contribution < -0.4 is 5.43 Å². The Morgan fingerprint density at radius 1 is 1.21 bits per heavy atom. The number of aromatic hydroxyl groups is 1. The Kier molecular flexibility index (Phi) is 4.52. The Balaban J connectivity index is 1.51. The lowest BCUT2D eigenvalue weighted by Crippen LogP contribution is -2.17. The maximum atomic E-state index is 12.4. The second-order valence-electron chi connectivity index (χ2n) is 6.75. The minimum atomic E-state index is -0.683. The summed E-state index contributed by atoms with van der Waals surface area (Å²) >= 11 is 0. The van der Waals surface area contributed by atoms with E-state index in [1.54, 1.807) is 6.07 Å². The molecule has 0 atom stereocenters. The molecule has 0 unspecified atom stereocenters. The Hall–Kier alpha value is -3.68. The highest BCUT2D eigenvalue weighted by Gasteiger charge is 2.17. The van der Waals surface area contributed by atoms with Gasteiger partial charge in [-0.3, -0.25) is 14.9 Å². The van der Waals surface area contributed by atoms with Crippen molar-refractivity contribution in [2.24, 2.45) is 5.10 Å². The van der Waals surface area contributed by atoms with Gasteiger partial charge in [0, 0.05) is 33.8 Å². The highest BCUT2D eigenvalue weighted by molar-refractivity contribution is 5.99. The summed E-state index contributed by atoms with van der Waals surface area (Å²) in [4.78, 5) is 26.0. The molecule has 8 nitrogen and oxygen atoms in total. The van der Waals surface area contributed by atoms with Crippen LogP contribution in [0.15, 0.2) is 41.5 Å². The van der Waals surface area contributed by atoms with Crippen LogP contribution in [0.4, 0.5) is 5.69 Å². The van der Waals surface area contributed by atoms with E-state index in [1.165, 1.54) is 42.1 Å². The SMILES string of the molecule is O=C(N/N=C\c1ccc(O)c([N+](=O)[O-])c1)c1ccc2[nH]c3c(c2c1)CCCC3. The van der Waals surface area contributed by atoms with Gasteiger partial charge in [-0.05, 0) is 61.6 Å². The van der Waals surface area contributed by atoms with Gasteiger partial charge in [0.05, 0.1) is 11.1 Å². The van der Waals surface area contributed by atoms with Crippen LogP contribution in [0.25, 0.3) is 10.9 Å². The predicted octanol–water partition coefficient (Wildman–Crippen LogP) is 3.42. The van der Waals surface area contributed by atoms with Gasteiger partial charge in [-0.2, -0.15) is 5.10 Å². The van der Waals surface area contributed by atoms with Crippen LogP contribution in [0, 0.1) is 10.1 Å². The number of carbonyl (C=O) groups excluding carboxylic acids is 1. The number of phenolic OH excluding ortho intramolecular Hbond substituents is 1. The number of H-pyrrole nitrogens is 1. The number of benzene rings is 2. The lowest BCUT2D eigenvalue weighted by atomic mass is 9.95. The lowest BCUT2D eigenvalue weighted by molar-refractivity contribution is -0.385. The average molecular weight is 378 g/mol. The first-order valence-corrected chi connectivity index (χ1v) is 8.97. The molecular weight excluding hydrogens is 360 g/mol. The number of hydrogen-bond acceptors (Lipinski definition) is 5. The van der Waals surface area contributed by atoms with E-state index < -0.39 is 16.4 Å². The number of fused-ring (bicyclic) bond motifs is 3. The van der Waals surface area contributed by atoms with Crippen LogP contribution in [0.2, 0.25) is 0 Å². The molecule has 8 heteroatoms.